The number of nitrogens with zero attached hydrogens (tertiary/aromatic N) is 3. The lowest BCUT2D eigenvalue weighted by Gasteiger charge is -2.17. The van der Waals surface area contributed by atoms with Crippen LogP contribution in [0, 0.1) is 6.92 Å². The third-order valence-corrected chi connectivity index (χ3v) is 5.47. The summed E-state index contributed by atoms with van der Waals surface area (Å²) in [6, 6.07) is 8.48. The van der Waals surface area contributed by atoms with E-state index in [-0.39, 0.29) is 12.3 Å². The average molecular weight is 364 g/mol. The van der Waals surface area contributed by atoms with E-state index in [0.29, 0.717) is 11.9 Å². The Morgan fingerprint density at radius 3 is 2.93 bits per heavy atom. The molecule has 0 amide bonds. The van der Waals surface area contributed by atoms with E-state index in [4.69, 9.17) is 15.2 Å². The predicted octanol–water partition coefficient (Wildman–Crippen LogP) is 3.78. The molecule has 6 nitrogen and oxygen atoms in total. The highest BCUT2D eigenvalue weighted by Crippen LogP contribution is 2.34. The van der Waals surface area contributed by atoms with E-state index in [1.807, 2.05) is 12.3 Å². The van der Waals surface area contributed by atoms with Gasteiger partial charge in [-0.1, -0.05) is 12.1 Å². The van der Waals surface area contributed by atoms with Crippen molar-refractivity contribution in [3.05, 3.63) is 47.9 Å². The molecule has 140 valence electrons. The quantitative estimate of drug-likeness (QED) is 0.746. The van der Waals surface area contributed by atoms with Crippen LogP contribution in [0.3, 0.4) is 0 Å². The van der Waals surface area contributed by atoms with Crippen molar-refractivity contribution in [2.75, 3.05) is 5.73 Å². The summed E-state index contributed by atoms with van der Waals surface area (Å²) in [5.41, 5.74) is 9.25. The molecule has 2 aliphatic rings. The Labute approximate surface area is 158 Å². The molecular weight excluding hydrogens is 340 g/mol. The Kier molecular flexibility index (Phi) is 4.01. The molecule has 2 unspecified atom stereocenters. The monoisotopic (exact) mass is 364 g/mol. The first-order valence-corrected chi connectivity index (χ1v) is 9.66. The number of nitrogen functional groups attached to an aromatic ring is 1. The van der Waals surface area contributed by atoms with Crippen molar-refractivity contribution < 1.29 is 9.47 Å². The van der Waals surface area contributed by atoms with Gasteiger partial charge in [0.15, 0.2) is 0 Å². The Morgan fingerprint density at radius 1 is 1.19 bits per heavy atom. The Balaban J connectivity index is 1.30. The maximum absolute atomic E-state index is 6.34. The van der Waals surface area contributed by atoms with E-state index in [2.05, 4.69) is 39.7 Å². The van der Waals surface area contributed by atoms with Gasteiger partial charge in [-0.05, 0) is 62.3 Å². The minimum atomic E-state index is -0.00515. The molecule has 1 aliphatic heterocycles. The van der Waals surface area contributed by atoms with E-state index in [9.17, 15) is 0 Å². The van der Waals surface area contributed by atoms with Crippen LogP contribution in [0.5, 0.6) is 5.75 Å². The van der Waals surface area contributed by atoms with Crippen molar-refractivity contribution in [3.63, 3.8) is 0 Å². The van der Waals surface area contributed by atoms with Crippen LogP contribution < -0.4 is 10.5 Å². The number of rotatable bonds is 5. The second kappa shape index (κ2) is 6.53. The minimum absolute atomic E-state index is 0.00515. The van der Waals surface area contributed by atoms with Gasteiger partial charge in [-0.25, -0.2) is 9.97 Å². The normalized spacial score (nSPS) is 22.4. The molecule has 5 rings (SSSR count). The average Bonchev–Trinajstić information content (AvgIpc) is 3.17. The summed E-state index contributed by atoms with van der Waals surface area (Å²) in [5, 5.41) is 0.880. The van der Waals surface area contributed by atoms with Crippen LogP contribution in [0.4, 0.5) is 5.82 Å². The first kappa shape index (κ1) is 16.6. The molecular formula is C21H24N4O2. The number of ether oxygens (including phenoxy) is 2. The van der Waals surface area contributed by atoms with Gasteiger partial charge >= 0.3 is 0 Å². The van der Waals surface area contributed by atoms with Crippen LogP contribution in [0.25, 0.3) is 11.0 Å². The van der Waals surface area contributed by atoms with Crippen molar-refractivity contribution in [2.45, 2.75) is 57.5 Å². The first-order valence-electron chi connectivity index (χ1n) is 9.66. The predicted molar refractivity (Wildman–Crippen MR) is 104 cm³/mol. The summed E-state index contributed by atoms with van der Waals surface area (Å²) in [6.45, 7) is 2.11. The summed E-state index contributed by atoms with van der Waals surface area (Å²) >= 11 is 0. The number of benzene rings is 1. The molecule has 2 N–H and O–H groups in total. The first-order chi connectivity index (χ1) is 13.2. The Morgan fingerprint density at radius 2 is 2.07 bits per heavy atom. The molecule has 1 aliphatic carbocycles. The third kappa shape index (κ3) is 3.25. The van der Waals surface area contributed by atoms with Crippen LogP contribution in [0.2, 0.25) is 0 Å². The smallest absolute Gasteiger partial charge is 0.147 e. The molecule has 2 fully saturated rings. The highest BCUT2D eigenvalue weighted by molar-refractivity contribution is 5.86. The van der Waals surface area contributed by atoms with Crippen LogP contribution in [0.15, 0.2) is 36.8 Å². The van der Waals surface area contributed by atoms with Gasteiger partial charge in [-0.3, -0.25) is 0 Å². The number of anilines is 1. The fourth-order valence-electron chi connectivity index (χ4n) is 3.79. The molecule has 1 saturated carbocycles. The number of hydrogen-bond acceptors (Lipinski definition) is 5. The van der Waals surface area contributed by atoms with Crippen LogP contribution in [-0.4, -0.2) is 26.7 Å². The minimum Gasteiger partial charge on any atom is -0.490 e. The van der Waals surface area contributed by atoms with Crippen molar-refractivity contribution in [1.29, 1.82) is 0 Å². The third-order valence-electron chi connectivity index (χ3n) is 5.47. The fraction of sp³-hybridized carbons (Fsp3) is 0.429. The lowest BCUT2D eigenvalue weighted by Crippen LogP contribution is -2.13. The zero-order valence-corrected chi connectivity index (χ0v) is 15.5. The van der Waals surface area contributed by atoms with Gasteiger partial charge in [0.25, 0.3) is 0 Å². The fourth-order valence-corrected chi connectivity index (χ4v) is 3.79. The van der Waals surface area contributed by atoms with Crippen molar-refractivity contribution in [1.82, 2.24) is 14.5 Å². The second-order valence-corrected chi connectivity index (χ2v) is 7.63. The van der Waals surface area contributed by atoms with Gasteiger partial charge in [-0.15, -0.1) is 0 Å². The highest BCUT2D eigenvalue weighted by atomic mass is 16.5. The molecule has 27 heavy (non-hydrogen) atoms. The Hall–Kier alpha value is -2.60. The van der Waals surface area contributed by atoms with Crippen LogP contribution >= 0.6 is 0 Å². The molecule has 3 heterocycles. The lowest BCUT2D eigenvalue weighted by molar-refractivity contribution is 0.00504. The molecule has 2 aromatic heterocycles. The molecule has 1 aromatic carbocycles. The standard InChI is InChI=1S/C21H24N4O2/c1-13-2-3-14(11-18(13)26-15-4-5-15)10-16-6-7-19(27-16)25-9-8-17-20(22)23-12-24-21(17)25/h2-3,8-9,11-12,15-16,19H,4-7,10H2,1H3,(H2,22,23,24). The molecule has 6 heteroatoms. The number of hydrogen-bond donors (Lipinski definition) is 1. The van der Waals surface area contributed by atoms with Crippen molar-refractivity contribution in [3.8, 4) is 5.75 Å². The van der Waals surface area contributed by atoms with Gasteiger partial charge in [-0.2, -0.15) is 0 Å². The summed E-state index contributed by atoms with van der Waals surface area (Å²) in [7, 11) is 0. The van der Waals surface area contributed by atoms with E-state index in [1.54, 1.807) is 0 Å². The molecule has 2 atom stereocenters. The summed E-state index contributed by atoms with van der Waals surface area (Å²) in [6.07, 6.45) is 9.36. The van der Waals surface area contributed by atoms with Gasteiger partial charge in [0.05, 0.1) is 17.6 Å². The zero-order valence-electron chi connectivity index (χ0n) is 15.5. The summed E-state index contributed by atoms with van der Waals surface area (Å²) < 4.78 is 14.4. The Bertz CT molecular complexity index is 979. The van der Waals surface area contributed by atoms with Crippen molar-refractivity contribution >= 4 is 16.9 Å². The molecule has 0 bridgehead atoms. The van der Waals surface area contributed by atoms with Gasteiger partial charge in [0, 0.05) is 6.20 Å². The maximum Gasteiger partial charge on any atom is 0.147 e. The number of nitrogens with two attached hydrogens (primary N) is 1. The van der Waals surface area contributed by atoms with E-state index in [1.165, 1.54) is 30.3 Å². The summed E-state index contributed by atoms with van der Waals surface area (Å²) in [5.74, 6) is 1.53. The highest BCUT2D eigenvalue weighted by Gasteiger charge is 2.28. The largest absolute Gasteiger partial charge is 0.490 e. The van der Waals surface area contributed by atoms with Crippen LogP contribution in [-0.2, 0) is 11.2 Å². The molecule has 0 radical (unpaired) electrons. The second-order valence-electron chi connectivity index (χ2n) is 7.63. The number of aryl methyl sites for hydroxylation is 1. The topological polar surface area (TPSA) is 75.2 Å². The van der Waals surface area contributed by atoms with E-state index < -0.39 is 0 Å². The summed E-state index contributed by atoms with van der Waals surface area (Å²) in [4.78, 5) is 8.44. The van der Waals surface area contributed by atoms with Gasteiger partial charge in [0.1, 0.15) is 29.8 Å². The molecule has 1 saturated heterocycles. The van der Waals surface area contributed by atoms with Crippen LogP contribution in [0.1, 0.15) is 43.0 Å². The van der Waals surface area contributed by atoms with E-state index in [0.717, 1.165) is 36.0 Å². The zero-order chi connectivity index (χ0) is 18.4. The maximum atomic E-state index is 6.34. The molecule has 0 spiro atoms. The van der Waals surface area contributed by atoms with Crippen molar-refractivity contribution in [2.24, 2.45) is 0 Å². The number of fused-ring (bicyclic) bond motifs is 1. The number of aromatic nitrogens is 3. The SMILES string of the molecule is Cc1ccc(CC2CCC(n3ccc4c(N)ncnc43)O2)cc1OC1CC1. The van der Waals surface area contributed by atoms with Gasteiger partial charge < -0.3 is 19.8 Å². The van der Waals surface area contributed by atoms with E-state index >= 15 is 0 Å². The molecule has 3 aromatic rings. The van der Waals surface area contributed by atoms with Gasteiger partial charge in [0.2, 0.25) is 0 Å². The lowest BCUT2D eigenvalue weighted by atomic mass is 10.0.